The van der Waals surface area contributed by atoms with Crippen LogP contribution in [-0.4, -0.2) is 56.6 Å². The Kier molecular flexibility index (Phi) is 6.36. The highest BCUT2D eigenvalue weighted by atomic mass is 35.5. The van der Waals surface area contributed by atoms with Crippen LogP contribution in [0.3, 0.4) is 0 Å². The number of nitrogens with one attached hydrogen (secondary N) is 1. The molecule has 0 aliphatic carbocycles. The van der Waals surface area contributed by atoms with Crippen LogP contribution in [0.1, 0.15) is 15.2 Å². The molecule has 144 valence electrons. The molecule has 0 unspecified atom stereocenters. The third kappa shape index (κ3) is 5.00. The lowest BCUT2D eigenvalue weighted by Crippen LogP contribution is -2.48. The van der Waals surface area contributed by atoms with E-state index in [1.165, 1.54) is 18.4 Å². The molecule has 2 aromatic rings. The van der Waals surface area contributed by atoms with Crippen molar-refractivity contribution in [1.29, 1.82) is 0 Å². The number of carbonyl (C=O) groups is 2. The summed E-state index contributed by atoms with van der Waals surface area (Å²) in [5.41, 5.74) is 1.54. The number of carbonyl (C=O) groups excluding carboxylic acids is 2. The summed E-state index contributed by atoms with van der Waals surface area (Å²) in [6.45, 7) is 5.47. The van der Waals surface area contributed by atoms with Gasteiger partial charge in [0, 0.05) is 41.8 Å². The molecular weight excluding hydrogens is 386 g/mol. The quantitative estimate of drug-likeness (QED) is 0.771. The number of ether oxygens (including phenoxy) is 1. The molecule has 27 heavy (non-hydrogen) atoms. The van der Waals surface area contributed by atoms with E-state index in [1.54, 1.807) is 6.07 Å². The number of esters is 1. The zero-order valence-corrected chi connectivity index (χ0v) is 16.9. The fraction of sp³-hybridized carbons (Fsp3) is 0.368. The zero-order valence-electron chi connectivity index (χ0n) is 15.3. The van der Waals surface area contributed by atoms with Crippen LogP contribution in [0, 0.1) is 6.92 Å². The summed E-state index contributed by atoms with van der Waals surface area (Å²) >= 11 is 7.32. The largest absolute Gasteiger partial charge is 0.465 e. The number of benzene rings is 1. The van der Waals surface area contributed by atoms with Gasteiger partial charge >= 0.3 is 5.97 Å². The monoisotopic (exact) mass is 407 g/mol. The number of methoxy groups -OCH3 is 1. The number of nitrogens with zero attached hydrogens (tertiary/aromatic N) is 2. The van der Waals surface area contributed by atoms with Crippen molar-refractivity contribution in [2.45, 2.75) is 6.92 Å². The molecule has 1 saturated heterocycles. The molecule has 8 heteroatoms. The van der Waals surface area contributed by atoms with E-state index in [0.29, 0.717) is 17.1 Å². The number of amides is 1. The second kappa shape index (κ2) is 8.73. The number of rotatable bonds is 5. The summed E-state index contributed by atoms with van der Waals surface area (Å²) in [5, 5.41) is 4.12. The minimum absolute atomic E-state index is 0.123. The number of hydrogen-bond donors (Lipinski definition) is 1. The Hall–Kier alpha value is -2.09. The lowest BCUT2D eigenvalue weighted by atomic mass is 10.2. The van der Waals surface area contributed by atoms with Crippen LogP contribution in [0.15, 0.2) is 30.3 Å². The average Bonchev–Trinajstić information content (AvgIpc) is 3.02. The molecule has 1 fully saturated rings. The highest BCUT2D eigenvalue weighted by Gasteiger charge is 2.21. The van der Waals surface area contributed by atoms with Crippen LogP contribution in [0.25, 0.3) is 0 Å². The summed E-state index contributed by atoms with van der Waals surface area (Å²) in [7, 11) is 1.33. The predicted octanol–water partition coefficient (Wildman–Crippen LogP) is 3.26. The summed E-state index contributed by atoms with van der Waals surface area (Å²) in [6, 6.07) is 9.53. The number of hydrogen-bond acceptors (Lipinski definition) is 6. The molecule has 1 aliphatic heterocycles. The molecule has 6 nitrogen and oxygen atoms in total. The van der Waals surface area contributed by atoms with Crippen molar-refractivity contribution in [3.05, 3.63) is 45.8 Å². The van der Waals surface area contributed by atoms with E-state index in [1.807, 2.05) is 31.2 Å². The number of halogens is 1. The summed E-state index contributed by atoms with van der Waals surface area (Å²) in [4.78, 5) is 29.6. The third-order valence-electron chi connectivity index (χ3n) is 4.44. The molecule has 3 rings (SSSR count). The first-order valence-corrected chi connectivity index (χ1v) is 9.87. The second-order valence-electron chi connectivity index (χ2n) is 6.38. The van der Waals surface area contributed by atoms with Gasteiger partial charge < -0.3 is 15.0 Å². The Bertz CT molecular complexity index is 814. The second-order valence-corrected chi connectivity index (χ2v) is 8.07. The van der Waals surface area contributed by atoms with Gasteiger partial charge in [-0.3, -0.25) is 9.69 Å². The van der Waals surface area contributed by atoms with E-state index in [9.17, 15) is 9.59 Å². The first kappa shape index (κ1) is 19.7. The van der Waals surface area contributed by atoms with Gasteiger partial charge in [0.2, 0.25) is 5.91 Å². The fourth-order valence-electron chi connectivity index (χ4n) is 3.05. The van der Waals surface area contributed by atoms with Crippen molar-refractivity contribution in [3.8, 4) is 0 Å². The van der Waals surface area contributed by atoms with E-state index in [2.05, 4.69) is 15.1 Å². The van der Waals surface area contributed by atoms with Gasteiger partial charge in [-0.1, -0.05) is 11.6 Å². The Morgan fingerprint density at radius 1 is 1.19 bits per heavy atom. The molecule has 0 spiro atoms. The first-order chi connectivity index (χ1) is 13.0. The van der Waals surface area contributed by atoms with E-state index in [0.717, 1.165) is 41.8 Å². The highest BCUT2D eigenvalue weighted by Crippen LogP contribution is 2.28. The SMILES string of the molecule is COC(=O)c1cc(C)sc1NC(=O)CN1CCN(c2ccc(Cl)cc2)CC1. The Balaban J connectivity index is 1.53. The lowest BCUT2D eigenvalue weighted by Gasteiger charge is -2.35. The normalized spacial score (nSPS) is 14.9. The minimum atomic E-state index is -0.439. The number of thiophene rings is 1. The smallest absolute Gasteiger partial charge is 0.340 e. The molecule has 2 heterocycles. The lowest BCUT2D eigenvalue weighted by molar-refractivity contribution is -0.117. The molecule has 1 aliphatic rings. The van der Waals surface area contributed by atoms with E-state index >= 15 is 0 Å². The molecule has 1 amide bonds. The average molecular weight is 408 g/mol. The van der Waals surface area contributed by atoms with Crippen LogP contribution >= 0.6 is 22.9 Å². The Morgan fingerprint density at radius 3 is 2.48 bits per heavy atom. The topological polar surface area (TPSA) is 61.9 Å². The molecular formula is C19H22ClN3O3S. The van der Waals surface area contributed by atoms with Crippen LogP contribution in [0.5, 0.6) is 0 Å². The van der Waals surface area contributed by atoms with Gasteiger partial charge in [-0.2, -0.15) is 0 Å². The molecule has 0 radical (unpaired) electrons. The molecule has 0 bridgehead atoms. The maximum atomic E-state index is 12.4. The standard InChI is InChI=1S/C19H22ClN3O3S/c1-13-11-16(19(25)26-2)18(27-13)21-17(24)12-22-7-9-23(10-8-22)15-5-3-14(20)4-6-15/h3-6,11H,7-10,12H2,1-2H3,(H,21,24). The van der Waals surface area contributed by atoms with Gasteiger partial charge in [0.15, 0.2) is 0 Å². The maximum absolute atomic E-state index is 12.4. The van der Waals surface area contributed by atoms with Gasteiger partial charge in [-0.25, -0.2) is 4.79 Å². The number of aryl methyl sites for hydroxylation is 1. The van der Waals surface area contributed by atoms with Gasteiger partial charge in [0.25, 0.3) is 0 Å². The molecule has 1 N–H and O–H groups in total. The number of piperazine rings is 1. The summed E-state index contributed by atoms with van der Waals surface area (Å²) in [6.07, 6.45) is 0. The van der Waals surface area contributed by atoms with Crippen LogP contribution in [-0.2, 0) is 9.53 Å². The Labute approximate surface area is 167 Å². The van der Waals surface area contributed by atoms with Crippen molar-refractivity contribution in [3.63, 3.8) is 0 Å². The van der Waals surface area contributed by atoms with Crippen molar-refractivity contribution in [2.75, 3.05) is 50.1 Å². The molecule has 1 aromatic heterocycles. The summed E-state index contributed by atoms with van der Waals surface area (Å²) < 4.78 is 4.78. The van der Waals surface area contributed by atoms with Crippen LogP contribution in [0.4, 0.5) is 10.7 Å². The highest BCUT2D eigenvalue weighted by molar-refractivity contribution is 7.16. The first-order valence-electron chi connectivity index (χ1n) is 8.67. The van der Waals surface area contributed by atoms with Gasteiger partial charge in [-0.15, -0.1) is 11.3 Å². The third-order valence-corrected chi connectivity index (χ3v) is 5.66. The maximum Gasteiger partial charge on any atom is 0.340 e. The minimum Gasteiger partial charge on any atom is -0.465 e. The predicted molar refractivity (Wildman–Crippen MR) is 109 cm³/mol. The van der Waals surface area contributed by atoms with Crippen LogP contribution < -0.4 is 10.2 Å². The molecule has 1 aromatic carbocycles. The summed E-state index contributed by atoms with van der Waals surface area (Å²) in [5.74, 6) is -0.562. The molecule has 0 atom stereocenters. The van der Waals surface area contributed by atoms with Crippen molar-refractivity contribution < 1.29 is 14.3 Å². The van der Waals surface area contributed by atoms with Gasteiger partial charge in [0.05, 0.1) is 19.2 Å². The van der Waals surface area contributed by atoms with Crippen molar-refractivity contribution in [2.24, 2.45) is 0 Å². The Morgan fingerprint density at radius 2 is 1.85 bits per heavy atom. The van der Waals surface area contributed by atoms with E-state index in [4.69, 9.17) is 16.3 Å². The van der Waals surface area contributed by atoms with E-state index in [-0.39, 0.29) is 5.91 Å². The van der Waals surface area contributed by atoms with Crippen molar-refractivity contribution in [1.82, 2.24) is 4.90 Å². The van der Waals surface area contributed by atoms with Crippen LogP contribution in [0.2, 0.25) is 5.02 Å². The van der Waals surface area contributed by atoms with Gasteiger partial charge in [-0.05, 0) is 37.3 Å². The number of anilines is 2. The van der Waals surface area contributed by atoms with Gasteiger partial charge in [0.1, 0.15) is 5.00 Å². The zero-order chi connectivity index (χ0) is 19.4. The fourth-order valence-corrected chi connectivity index (χ4v) is 4.10. The molecule has 0 saturated carbocycles. The van der Waals surface area contributed by atoms with E-state index < -0.39 is 5.97 Å². The van der Waals surface area contributed by atoms with Crippen molar-refractivity contribution >= 4 is 45.5 Å².